The summed E-state index contributed by atoms with van der Waals surface area (Å²) in [5, 5.41) is 5.58. The standard InChI is InChI=1S/C10H13N3/c1-7-4-3-5-8-10(7)9(6-11)13(2)12-8/h3-5H,6,11H2,1-2H3. The van der Waals surface area contributed by atoms with Gasteiger partial charge in [-0.15, -0.1) is 0 Å². The molecule has 2 aromatic rings. The molecule has 0 amide bonds. The van der Waals surface area contributed by atoms with Crippen LogP contribution in [0.25, 0.3) is 10.9 Å². The number of hydrogen-bond donors (Lipinski definition) is 1. The van der Waals surface area contributed by atoms with Crippen molar-refractivity contribution in [2.24, 2.45) is 12.8 Å². The maximum absolute atomic E-state index is 5.67. The predicted molar refractivity (Wildman–Crippen MR) is 53.3 cm³/mol. The van der Waals surface area contributed by atoms with Crippen LogP contribution in [0.3, 0.4) is 0 Å². The Hall–Kier alpha value is -1.35. The van der Waals surface area contributed by atoms with Crippen molar-refractivity contribution < 1.29 is 0 Å². The van der Waals surface area contributed by atoms with Crippen LogP contribution in [0.5, 0.6) is 0 Å². The highest BCUT2D eigenvalue weighted by Gasteiger charge is 2.08. The van der Waals surface area contributed by atoms with Gasteiger partial charge in [-0.05, 0) is 18.6 Å². The van der Waals surface area contributed by atoms with Gasteiger partial charge >= 0.3 is 0 Å². The smallest absolute Gasteiger partial charge is 0.0929 e. The molecule has 68 valence electrons. The zero-order chi connectivity index (χ0) is 9.42. The summed E-state index contributed by atoms with van der Waals surface area (Å²) in [5.74, 6) is 0. The van der Waals surface area contributed by atoms with Crippen molar-refractivity contribution in [3.63, 3.8) is 0 Å². The van der Waals surface area contributed by atoms with Crippen molar-refractivity contribution in [2.75, 3.05) is 0 Å². The summed E-state index contributed by atoms with van der Waals surface area (Å²) >= 11 is 0. The maximum Gasteiger partial charge on any atom is 0.0929 e. The van der Waals surface area contributed by atoms with Gasteiger partial charge in [0.2, 0.25) is 0 Å². The number of hydrogen-bond acceptors (Lipinski definition) is 2. The molecule has 0 aliphatic carbocycles. The van der Waals surface area contributed by atoms with Crippen LogP contribution >= 0.6 is 0 Å². The number of nitrogens with two attached hydrogens (primary N) is 1. The highest BCUT2D eigenvalue weighted by Crippen LogP contribution is 2.20. The molecule has 2 N–H and O–H groups in total. The molecule has 0 bridgehead atoms. The fraction of sp³-hybridized carbons (Fsp3) is 0.300. The third kappa shape index (κ3) is 1.12. The summed E-state index contributed by atoms with van der Waals surface area (Å²) in [7, 11) is 1.93. The number of rotatable bonds is 1. The Kier molecular flexibility index (Phi) is 1.81. The van der Waals surface area contributed by atoms with Gasteiger partial charge in [0.25, 0.3) is 0 Å². The van der Waals surface area contributed by atoms with E-state index in [9.17, 15) is 0 Å². The van der Waals surface area contributed by atoms with Crippen molar-refractivity contribution in [3.8, 4) is 0 Å². The zero-order valence-corrected chi connectivity index (χ0v) is 7.91. The number of nitrogens with zero attached hydrogens (tertiary/aromatic N) is 2. The summed E-state index contributed by atoms with van der Waals surface area (Å²) < 4.78 is 1.86. The van der Waals surface area contributed by atoms with Crippen LogP contribution in [0.1, 0.15) is 11.3 Å². The van der Waals surface area contributed by atoms with Crippen molar-refractivity contribution in [1.29, 1.82) is 0 Å². The van der Waals surface area contributed by atoms with Gasteiger partial charge in [-0.3, -0.25) is 4.68 Å². The third-order valence-electron chi connectivity index (χ3n) is 2.38. The van der Waals surface area contributed by atoms with E-state index in [2.05, 4.69) is 18.1 Å². The first-order valence-electron chi connectivity index (χ1n) is 4.35. The van der Waals surface area contributed by atoms with E-state index < -0.39 is 0 Å². The molecule has 3 nitrogen and oxygen atoms in total. The molecule has 0 fully saturated rings. The number of aryl methyl sites for hydroxylation is 2. The Morgan fingerprint density at radius 1 is 1.46 bits per heavy atom. The second-order valence-electron chi connectivity index (χ2n) is 3.24. The second-order valence-corrected chi connectivity index (χ2v) is 3.24. The van der Waals surface area contributed by atoms with Crippen LogP contribution in [0.2, 0.25) is 0 Å². The van der Waals surface area contributed by atoms with Crippen LogP contribution < -0.4 is 5.73 Å². The Bertz CT molecular complexity index is 443. The monoisotopic (exact) mass is 175 g/mol. The first-order chi connectivity index (χ1) is 6.24. The lowest BCUT2D eigenvalue weighted by molar-refractivity contribution is 0.721. The van der Waals surface area contributed by atoms with E-state index in [0.29, 0.717) is 6.54 Å². The Balaban J connectivity index is 2.88. The van der Waals surface area contributed by atoms with E-state index in [1.807, 2.05) is 23.9 Å². The lowest BCUT2D eigenvalue weighted by Crippen LogP contribution is -2.04. The van der Waals surface area contributed by atoms with Gasteiger partial charge in [0.05, 0.1) is 11.2 Å². The summed E-state index contributed by atoms with van der Waals surface area (Å²) in [6.07, 6.45) is 0. The quantitative estimate of drug-likeness (QED) is 0.710. The van der Waals surface area contributed by atoms with E-state index in [-0.39, 0.29) is 0 Å². The van der Waals surface area contributed by atoms with Gasteiger partial charge in [0.15, 0.2) is 0 Å². The fourth-order valence-corrected chi connectivity index (χ4v) is 1.73. The van der Waals surface area contributed by atoms with Crippen molar-refractivity contribution in [2.45, 2.75) is 13.5 Å². The molecule has 0 atom stereocenters. The topological polar surface area (TPSA) is 43.8 Å². The normalized spacial score (nSPS) is 11.0. The minimum Gasteiger partial charge on any atom is -0.325 e. The molecular weight excluding hydrogens is 162 g/mol. The predicted octanol–water partition coefficient (Wildman–Crippen LogP) is 1.34. The molecule has 1 aromatic carbocycles. The average Bonchev–Trinajstić information content (AvgIpc) is 2.42. The SMILES string of the molecule is Cc1cccc2nn(C)c(CN)c12. The molecule has 0 radical (unpaired) electrons. The van der Waals surface area contributed by atoms with E-state index in [4.69, 9.17) is 5.73 Å². The highest BCUT2D eigenvalue weighted by molar-refractivity contribution is 5.84. The van der Waals surface area contributed by atoms with Crippen LogP contribution in [0, 0.1) is 6.92 Å². The molecule has 0 saturated carbocycles. The molecule has 1 aromatic heterocycles. The minimum absolute atomic E-state index is 0.540. The average molecular weight is 175 g/mol. The Labute approximate surface area is 77.2 Å². The zero-order valence-electron chi connectivity index (χ0n) is 7.91. The molecule has 0 aliphatic heterocycles. The first-order valence-corrected chi connectivity index (χ1v) is 4.35. The molecule has 3 heteroatoms. The first kappa shape index (κ1) is 8.26. The van der Waals surface area contributed by atoms with Gasteiger partial charge in [-0.1, -0.05) is 12.1 Å². The van der Waals surface area contributed by atoms with E-state index in [1.54, 1.807) is 0 Å². The van der Waals surface area contributed by atoms with Crippen LogP contribution in [-0.2, 0) is 13.6 Å². The number of fused-ring (bicyclic) bond motifs is 1. The molecule has 0 saturated heterocycles. The third-order valence-corrected chi connectivity index (χ3v) is 2.38. The van der Waals surface area contributed by atoms with Crippen LogP contribution in [-0.4, -0.2) is 9.78 Å². The maximum atomic E-state index is 5.67. The lowest BCUT2D eigenvalue weighted by atomic mass is 10.1. The second kappa shape index (κ2) is 2.85. The summed E-state index contributed by atoms with van der Waals surface area (Å²) in [5.41, 5.74) is 9.05. The van der Waals surface area contributed by atoms with Gasteiger partial charge in [-0.25, -0.2) is 0 Å². The summed E-state index contributed by atoms with van der Waals surface area (Å²) in [6, 6.07) is 6.12. The van der Waals surface area contributed by atoms with Gasteiger partial charge in [0.1, 0.15) is 0 Å². The van der Waals surface area contributed by atoms with Crippen molar-refractivity contribution in [3.05, 3.63) is 29.5 Å². The Morgan fingerprint density at radius 3 is 2.92 bits per heavy atom. The highest BCUT2D eigenvalue weighted by atomic mass is 15.3. The molecule has 13 heavy (non-hydrogen) atoms. The lowest BCUT2D eigenvalue weighted by Gasteiger charge is -1.99. The van der Waals surface area contributed by atoms with Crippen molar-refractivity contribution in [1.82, 2.24) is 9.78 Å². The molecule has 2 rings (SSSR count). The van der Waals surface area contributed by atoms with Crippen molar-refractivity contribution >= 4 is 10.9 Å². The Morgan fingerprint density at radius 2 is 2.23 bits per heavy atom. The number of benzene rings is 1. The van der Waals surface area contributed by atoms with Gasteiger partial charge in [-0.2, -0.15) is 5.10 Å². The van der Waals surface area contributed by atoms with E-state index in [0.717, 1.165) is 11.2 Å². The summed E-state index contributed by atoms with van der Waals surface area (Å²) in [6.45, 7) is 2.63. The van der Waals surface area contributed by atoms with Crippen LogP contribution in [0.4, 0.5) is 0 Å². The molecule has 0 spiro atoms. The minimum atomic E-state index is 0.540. The number of aromatic nitrogens is 2. The molecule has 0 unspecified atom stereocenters. The molecule has 1 heterocycles. The fourth-order valence-electron chi connectivity index (χ4n) is 1.73. The molecular formula is C10H13N3. The largest absolute Gasteiger partial charge is 0.325 e. The summed E-state index contributed by atoms with van der Waals surface area (Å²) in [4.78, 5) is 0. The van der Waals surface area contributed by atoms with Gasteiger partial charge in [0, 0.05) is 19.0 Å². The van der Waals surface area contributed by atoms with Gasteiger partial charge < -0.3 is 5.73 Å². The van der Waals surface area contributed by atoms with E-state index >= 15 is 0 Å². The van der Waals surface area contributed by atoms with Crippen LogP contribution in [0.15, 0.2) is 18.2 Å². The van der Waals surface area contributed by atoms with E-state index in [1.165, 1.54) is 10.9 Å². The molecule has 0 aliphatic rings.